The predicted octanol–water partition coefficient (Wildman–Crippen LogP) is 4.09. The van der Waals surface area contributed by atoms with Crippen molar-refractivity contribution in [3.05, 3.63) is 33.8 Å². The van der Waals surface area contributed by atoms with Gasteiger partial charge in [0.2, 0.25) is 0 Å². The lowest BCUT2D eigenvalue weighted by Crippen LogP contribution is -2.50. The van der Waals surface area contributed by atoms with Crippen molar-refractivity contribution >= 4 is 22.0 Å². The molecule has 2 rings (SSSR count). The van der Waals surface area contributed by atoms with Crippen LogP contribution in [0, 0.1) is 6.92 Å². The zero-order valence-corrected chi connectivity index (χ0v) is 13.5. The molecule has 0 N–H and O–H groups in total. The van der Waals surface area contributed by atoms with Crippen LogP contribution < -0.4 is 0 Å². The fraction of sp³-hybridized carbons (Fsp3) is 0.533. The summed E-state index contributed by atoms with van der Waals surface area (Å²) in [6.45, 7) is 9.24. The summed E-state index contributed by atoms with van der Waals surface area (Å²) in [5, 5.41) is 0. The maximum Gasteiger partial charge on any atom is 0.410 e. The Morgan fingerprint density at radius 2 is 2.00 bits per heavy atom. The number of ether oxygens (including phenoxy) is 1. The molecule has 4 heteroatoms. The molecule has 0 atom stereocenters. The molecule has 0 spiro atoms. The van der Waals surface area contributed by atoms with E-state index in [-0.39, 0.29) is 6.09 Å². The molecule has 1 saturated heterocycles. The van der Waals surface area contributed by atoms with Crippen LogP contribution in [0.3, 0.4) is 0 Å². The van der Waals surface area contributed by atoms with Crippen LogP contribution in [0.25, 0.3) is 0 Å². The van der Waals surface area contributed by atoms with Crippen LogP contribution in [-0.2, 0) is 4.74 Å². The molecule has 1 aromatic rings. The number of nitrogens with zero attached hydrogens (tertiary/aromatic N) is 1. The van der Waals surface area contributed by atoms with Crippen LogP contribution in [0.5, 0.6) is 0 Å². The third-order valence-corrected chi connectivity index (χ3v) is 4.08. The number of aryl methyl sites for hydroxylation is 1. The van der Waals surface area contributed by atoms with Gasteiger partial charge in [0.15, 0.2) is 0 Å². The van der Waals surface area contributed by atoms with E-state index in [0.717, 1.165) is 17.6 Å². The van der Waals surface area contributed by atoms with Crippen LogP contribution in [-0.4, -0.2) is 29.7 Å². The molecule has 0 radical (unpaired) electrons. The highest BCUT2D eigenvalue weighted by Gasteiger charge is 2.34. The molecule has 0 aliphatic carbocycles. The number of carbonyl (C=O) groups is 1. The van der Waals surface area contributed by atoms with Gasteiger partial charge in [-0.05, 0) is 44.9 Å². The molecule has 1 heterocycles. The van der Waals surface area contributed by atoms with Crippen molar-refractivity contribution in [2.45, 2.75) is 39.2 Å². The zero-order valence-electron chi connectivity index (χ0n) is 11.9. The summed E-state index contributed by atoms with van der Waals surface area (Å²) in [5.74, 6) is 0.430. The zero-order chi connectivity index (χ0) is 14.2. The number of amides is 1. The lowest BCUT2D eigenvalue weighted by Gasteiger charge is -2.40. The first kappa shape index (κ1) is 14.4. The Labute approximate surface area is 123 Å². The van der Waals surface area contributed by atoms with Gasteiger partial charge in [-0.1, -0.05) is 28.1 Å². The van der Waals surface area contributed by atoms with Crippen molar-refractivity contribution < 1.29 is 9.53 Å². The highest BCUT2D eigenvalue weighted by molar-refractivity contribution is 9.10. The highest BCUT2D eigenvalue weighted by atomic mass is 79.9. The SMILES string of the molecule is Cc1cc(C2CN(C(=O)OC(C)(C)C)C2)ccc1Br. The van der Waals surface area contributed by atoms with Crippen molar-refractivity contribution in [3.63, 3.8) is 0 Å². The molecule has 1 amide bonds. The molecular weight excluding hydrogens is 306 g/mol. The van der Waals surface area contributed by atoms with Crippen LogP contribution in [0.4, 0.5) is 4.79 Å². The molecule has 0 unspecified atom stereocenters. The second kappa shape index (κ2) is 5.16. The van der Waals surface area contributed by atoms with Gasteiger partial charge in [0.1, 0.15) is 5.60 Å². The molecular formula is C15H20BrNO2. The number of rotatable bonds is 1. The third-order valence-electron chi connectivity index (χ3n) is 3.19. The lowest BCUT2D eigenvalue weighted by atomic mass is 9.91. The van der Waals surface area contributed by atoms with Crippen LogP contribution in [0.2, 0.25) is 0 Å². The molecule has 3 nitrogen and oxygen atoms in total. The van der Waals surface area contributed by atoms with E-state index >= 15 is 0 Å². The topological polar surface area (TPSA) is 29.5 Å². The van der Waals surface area contributed by atoms with E-state index in [1.165, 1.54) is 11.1 Å². The summed E-state index contributed by atoms with van der Waals surface area (Å²) in [4.78, 5) is 13.6. The standard InChI is InChI=1S/C15H20BrNO2/c1-10-7-11(5-6-13(10)16)12-8-17(9-12)14(18)19-15(2,3)4/h5-7,12H,8-9H2,1-4H3. The Morgan fingerprint density at radius 3 is 2.53 bits per heavy atom. The molecule has 1 aromatic carbocycles. The van der Waals surface area contributed by atoms with Crippen molar-refractivity contribution in [1.29, 1.82) is 0 Å². The van der Waals surface area contributed by atoms with E-state index in [9.17, 15) is 4.79 Å². The molecule has 19 heavy (non-hydrogen) atoms. The molecule has 0 bridgehead atoms. The third kappa shape index (κ3) is 3.50. The number of hydrogen-bond donors (Lipinski definition) is 0. The number of halogens is 1. The van der Waals surface area contributed by atoms with Gasteiger partial charge in [0.05, 0.1) is 0 Å². The van der Waals surface area contributed by atoms with Crippen LogP contribution >= 0.6 is 15.9 Å². The average molecular weight is 326 g/mol. The van der Waals surface area contributed by atoms with Crippen molar-refractivity contribution in [2.75, 3.05) is 13.1 Å². The largest absolute Gasteiger partial charge is 0.444 e. The summed E-state index contributed by atoms with van der Waals surface area (Å²) in [5.41, 5.74) is 2.10. The molecule has 0 aromatic heterocycles. The smallest absolute Gasteiger partial charge is 0.410 e. The Kier molecular flexibility index (Phi) is 3.90. The number of benzene rings is 1. The fourth-order valence-electron chi connectivity index (χ4n) is 2.09. The normalized spacial score (nSPS) is 16.2. The van der Waals surface area contributed by atoms with E-state index in [1.807, 2.05) is 20.8 Å². The Balaban J connectivity index is 1.92. The molecule has 1 fully saturated rings. The van der Waals surface area contributed by atoms with E-state index in [4.69, 9.17) is 4.74 Å². The second-order valence-electron chi connectivity index (χ2n) is 6.09. The average Bonchev–Trinajstić information content (AvgIpc) is 2.18. The minimum absolute atomic E-state index is 0.211. The number of likely N-dealkylation sites (tertiary alicyclic amines) is 1. The van der Waals surface area contributed by atoms with Gasteiger partial charge < -0.3 is 9.64 Å². The Morgan fingerprint density at radius 1 is 1.37 bits per heavy atom. The van der Waals surface area contributed by atoms with Crippen molar-refractivity contribution in [3.8, 4) is 0 Å². The summed E-state index contributed by atoms with van der Waals surface area (Å²) >= 11 is 3.50. The quantitative estimate of drug-likeness (QED) is 0.778. The Bertz CT molecular complexity index is 487. The van der Waals surface area contributed by atoms with E-state index in [1.54, 1.807) is 4.90 Å². The van der Waals surface area contributed by atoms with Gasteiger partial charge in [0, 0.05) is 23.5 Å². The molecule has 104 valence electrons. The van der Waals surface area contributed by atoms with Gasteiger partial charge in [0.25, 0.3) is 0 Å². The summed E-state index contributed by atoms with van der Waals surface area (Å²) in [7, 11) is 0. The molecule has 1 aliphatic rings. The minimum atomic E-state index is -0.420. The van der Waals surface area contributed by atoms with Gasteiger partial charge in [-0.15, -0.1) is 0 Å². The Hall–Kier alpha value is -1.03. The van der Waals surface area contributed by atoms with E-state index < -0.39 is 5.60 Å². The van der Waals surface area contributed by atoms with Gasteiger partial charge in [-0.25, -0.2) is 4.79 Å². The first-order valence-electron chi connectivity index (χ1n) is 6.50. The van der Waals surface area contributed by atoms with Crippen molar-refractivity contribution in [2.24, 2.45) is 0 Å². The summed E-state index contributed by atoms with van der Waals surface area (Å²) in [6.07, 6.45) is -0.211. The first-order valence-corrected chi connectivity index (χ1v) is 7.29. The molecule has 1 aliphatic heterocycles. The van der Waals surface area contributed by atoms with Crippen LogP contribution in [0.15, 0.2) is 22.7 Å². The minimum Gasteiger partial charge on any atom is -0.444 e. The maximum absolute atomic E-state index is 11.8. The monoisotopic (exact) mass is 325 g/mol. The number of carbonyl (C=O) groups excluding carboxylic acids is 1. The first-order chi connectivity index (χ1) is 8.76. The van der Waals surface area contributed by atoms with E-state index in [2.05, 4.69) is 41.1 Å². The van der Waals surface area contributed by atoms with Gasteiger partial charge in [-0.2, -0.15) is 0 Å². The second-order valence-corrected chi connectivity index (χ2v) is 6.95. The predicted molar refractivity (Wildman–Crippen MR) is 79.4 cm³/mol. The van der Waals surface area contributed by atoms with Crippen LogP contribution in [0.1, 0.15) is 37.8 Å². The molecule has 0 saturated carbocycles. The summed E-state index contributed by atoms with van der Waals surface area (Å²) in [6, 6.07) is 6.37. The van der Waals surface area contributed by atoms with Gasteiger partial charge >= 0.3 is 6.09 Å². The number of hydrogen-bond acceptors (Lipinski definition) is 2. The summed E-state index contributed by atoms with van der Waals surface area (Å²) < 4.78 is 6.47. The van der Waals surface area contributed by atoms with Gasteiger partial charge in [-0.3, -0.25) is 0 Å². The highest BCUT2D eigenvalue weighted by Crippen LogP contribution is 2.30. The van der Waals surface area contributed by atoms with E-state index in [0.29, 0.717) is 5.92 Å². The maximum atomic E-state index is 11.8. The van der Waals surface area contributed by atoms with Crippen molar-refractivity contribution in [1.82, 2.24) is 4.90 Å². The lowest BCUT2D eigenvalue weighted by molar-refractivity contribution is 0.00819. The fourth-order valence-corrected chi connectivity index (χ4v) is 2.33.